The minimum Gasteiger partial charge on any atom is -0.287 e. The van der Waals surface area contributed by atoms with Gasteiger partial charge in [-0.1, -0.05) is 0 Å². The zero-order valence-electron chi connectivity index (χ0n) is 8.81. The molecule has 0 fully saturated rings. The van der Waals surface area contributed by atoms with Gasteiger partial charge in [0, 0.05) is 15.3 Å². The Morgan fingerprint density at radius 1 is 1.40 bits per heavy atom. The zero-order chi connectivity index (χ0) is 11.6. The van der Waals surface area contributed by atoms with Crippen LogP contribution < -0.4 is 0 Å². The van der Waals surface area contributed by atoms with E-state index in [1.54, 1.807) is 12.3 Å². The molecule has 1 aromatic rings. The summed E-state index contributed by atoms with van der Waals surface area (Å²) in [7, 11) is 0. The summed E-state index contributed by atoms with van der Waals surface area (Å²) in [5.74, 6) is -0.255. The van der Waals surface area contributed by atoms with Crippen LogP contribution in [0.15, 0.2) is 21.6 Å². The van der Waals surface area contributed by atoms with Crippen LogP contribution in [-0.4, -0.2) is 11.8 Å². The lowest BCUT2D eigenvalue weighted by atomic mass is 10.1. The van der Waals surface area contributed by atoms with E-state index in [4.69, 9.17) is 0 Å². The number of benzene rings is 1. The van der Waals surface area contributed by atoms with Crippen molar-refractivity contribution >= 4 is 44.7 Å². The Hall–Kier alpha value is 0.0300. The molecule has 0 N–H and O–H groups in total. The average Bonchev–Trinajstić information content (AvgIpc) is 2.10. The van der Waals surface area contributed by atoms with Crippen molar-refractivity contribution in [3.05, 3.63) is 31.6 Å². The second-order valence-corrected chi connectivity index (χ2v) is 6.20. The van der Waals surface area contributed by atoms with E-state index in [0.29, 0.717) is 10.0 Å². The van der Waals surface area contributed by atoms with Crippen LogP contribution in [0, 0.1) is 9.39 Å². The summed E-state index contributed by atoms with van der Waals surface area (Å²) in [6, 6.07) is 3.56. The van der Waals surface area contributed by atoms with Crippen molar-refractivity contribution in [3.63, 3.8) is 0 Å². The molecule has 0 aliphatic rings. The van der Waals surface area contributed by atoms with Gasteiger partial charge in [-0.3, -0.25) is 4.99 Å². The summed E-state index contributed by atoms with van der Waals surface area (Å²) in [6.45, 7) is 5.94. The molecule has 0 unspecified atom stereocenters. The molecule has 0 radical (unpaired) electrons. The van der Waals surface area contributed by atoms with E-state index in [9.17, 15) is 4.39 Å². The third kappa shape index (κ3) is 3.83. The summed E-state index contributed by atoms with van der Waals surface area (Å²) < 4.78 is 15.0. The van der Waals surface area contributed by atoms with Gasteiger partial charge in [0.15, 0.2) is 0 Å². The molecule has 4 heteroatoms. The third-order valence-corrected chi connectivity index (χ3v) is 3.21. The van der Waals surface area contributed by atoms with E-state index in [1.165, 1.54) is 0 Å². The standard InChI is InChI=1S/C11H12BrFIN/c1-11(2,3)15-6-7-9(14)5-4-8(12)10(7)13/h4-6H,1-3H3. The summed E-state index contributed by atoms with van der Waals surface area (Å²) in [6.07, 6.45) is 1.60. The van der Waals surface area contributed by atoms with Crippen LogP contribution in [0.5, 0.6) is 0 Å². The molecule has 0 spiro atoms. The highest BCUT2D eigenvalue weighted by atomic mass is 127. The predicted octanol–water partition coefficient (Wildman–Crippen LogP) is 4.41. The van der Waals surface area contributed by atoms with Gasteiger partial charge in [-0.2, -0.15) is 0 Å². The fraction of sp³-hybridized carbons (Fsp3) is 0.364. The van der Waals surface area contributed by atoms with Crippen LogP contribution in [0.3, 0.4) is 0 Å². The minimum atomic E-state index is -0.255. The summed E-state index contributed by atoms with van der Waals surface area (Å²) in [5.41, 5.74) is 0.359. The van der Waals surface area contributed by atoms with Gasteiger partial charge in [0.25, 0.3) is 0 Å². The van der Waals surface area contributed by atoms with Crippen molar-refractivity contribution in [2.24, 2.45) is 4.99 Å². The Morgan fingerprint density at radius 3 is 2.53 bits per heavy atom. The smallest absolute Gasteiger partial charge is 0.147 e. The SMILES string of the molecule is CC(C)(C)N=Cc1c(I)ccc(Br)c1F. The fourth-order valence-electron chi connectivity index (χ4n) is 0.919. The van der Waals surface area contributed by atoms with Gasteiger partial charge in [-0.15, -0.1) is 0 Å². The maximum absolute atomic E-state index is 13.7. The van der Waals surface area contributed by atoms with Crippen LogP contribution in [0.4, 0.5) is 4.39 Å². The number of rotatable bonds is 1. The quantitative estimate of drug-likeness (QED) is 0.387. The van der Waals surface area contributed by atoms with Crippen molar-refractivity contribution in [1.29, 1.82) is 0 Å². The monoisotopic (exact) mass is 383 g/mol. The van der Waals surface area contributed by atoms with Crippen molar-refractivity contribution in [3.8, 4) is 0 Å². The van der Waals surface area contributed by atoms with Gasteiger partial charge in [-0.05, 0) is 71.4 Å². The Morgan fingerprint density at radius 2 is 2.00 bits per heavy atom. The Balaban J connectivity index is 3.15. The molecule has 0 amide bonds. The molecule has 1 aromatic carbocycles. The highest BCUT2D eigenvalue weighted by Crippen LogP contribution is 2.22. The van der Waals surface area contributed by atoms with Crippen LogP contribution in [-0.2, 0) is 0 Å². The predicted molar refractivity (Wildman–Crippen MR) is 74.2 cm³/mol. The number of hydrogen-bond donors (Lipinski definition) is 0. The first kappa shape index (κ1) is 13.1. The molecule has 1 nitrogen and oxygen atoms in total. The first-order valence-electron chi connectivity index (χ1n) is 4.50. The molecule has 1 rings (SSSR count). The van der Waals surface area contributed by atoms with Crippen LogP contribution in [0.2, 0.25) is 0 Å². The number of hydrogen-bond acceptors (Lipinski definition) is 1. The summed E-state index contributed by atoms with van der Waals surface area (Å²) >= 11 is 5.26. The van der Waals surface area contributed by atoms with Crippen molar-refractivity contribution in [1.82, 2.24) is 0 Å². The number of nitrogens with zero attached hydrogens (tertiary/aromatic N) is 1. The van der Waals surface area contributed by atoms with Gasteiger partial charge < -0.3 is 0 Å². The maximum Gasteiger partial charge on any atom is 0.147 e. The molecule has 0 bridgehead atoms. The molecular weight excluding hydrogens is 372 g/mol. The zero-order valence-corrected chi connectivity index (χ0v) is 12.6. The first-order valence-corrected chi connectivity index (χ1v) is 6.37. The number of halogens is 3. The normalized spacial score (nSPS) is 12.4. The lowest BCUT2D eigenvalue weighted by Gasteiger charge is -2.11. The molecule has 0 saturated carbocycles. The van der Waals surface area contributed by atoms with Crippen molar-refractivity contribution in [2.75, 3.05) is 0 Å². The first-order chi connectivity index (χ1) is 6.81. The van der Waals surface area contributed by atoms with Gasteiger partial charge in [0.2, 0.25) is 0 Å². The molecule has 15 heavy (non-hydrogen) atoms. The second-order valence-electron chi connectivity index (χ2n) is 4.19. The summed E-state index contributed by atoms with van der Waals surface area (Å²) in [4.78, 5) is 4.30. The minimum absolute atomic E-state index is 0.183. The fourth-order valence-corrected chi connectivity index (χ4v) is 1.82. The highest BCUT2D eigenvalue weighted by molar-refractivity contribution is 14.1. The number of aliphatic imine (C=N–C) groups is 1. The third-order valence-electron chi connectivity index (χ3n) is 1.66. The lowest BCUT2D eigenvalue weighted by Crippen LogP contribution is -2.10. The van der Waals surface area contributed by atoms with Crippen LogP contribution in [0.25, 0.3) is 0 Å². The van der Waals surface area contributed by atoms with Crippen LogP contribution in [0.1, 0.15) is 26.3 Å². The van der Waals surface area contributed by atoms with E-state index in [0.717, 1.165) is 3.57 Å². The van der Waals surface area contributed by atoms with Crippen LogP contribution >= 0.6 is 38.5 Å². The van der Waals surface area contributed by atoms with Gasteiger partial charge >= 0.3 is 0 Å². The van der Waals surface area contributed by atoms with E-state index < -0.39 is 0 Å². The molecule has 0 aliphatic carbocycles. The largest absolute Gasteiger partial charge is 0.287 e. The second kappa shape index (κ2) is 4.91. The lowest BCUT2D eigenvalue weighted by molar-refractivity contribution is 0.584. The van der Waals surface area contributed by atoms with Gasteiger partial charge in [0.05, 0.1) is 10.0 Å². The Kier molecular flexibility index (Phi) is 4.29. The van der Waals surface area contributed by atoms with Crippen molar-refractivity contribution < 1.29 is 4.39 Å². The molecule has 0 saturated heterocycles. The Labute approximate surface area is 111 Å². The molecule has 0 atom stereocenters. The summed E-state index contributed by atoms with van der Waals surface area (Å²) in [5, 5.41) is 0. The van der Waals surface area contributed by atoms with E-state index in [2.05, 4.69) is 43.5 Å². The molecule has 0 heterocycles. The molecule has 0 aromatic heterocycles. The molecular formula is C11H12BrFIN. The molecule has 0 aliphatic heterocycles. The van der Waals surface area contributed by atoms with Gasteiger partial charge in [0.1, 0.15) is 5.82 Å². The average molecular weight is 384 g/mol. The molecule has 82 valence electrons. The van der Waals surface area contributed by atoms with E-state index in [-0.39, 0.29) is 11.4 Å². The topological polar surface area (TPSA) is 12.4 Å². The van der Waals surface area contributed by atoms with Crippen molar-refractivity contribution in [2.45, 2.75) is 26.3 Å². The Bertz CT molecular complexity index is 396. The van der Waals surface area contributed by atoms with E-state index >= 15 is 0 Å². The van der Waals surface area contributed by atoms with Gasteiger partial charge in [-0.25, -0.2) is 4.39 Å². The van der Waals surface area contributed by atoms with E-state index in [1.807, 2.05) is 26.8 Å². The maximum atomic E-state index is 13.7. The highest BCUT2D eigenvalue weighted by Gasteiger charge is 2.10.